The summed E-state index contributed by atoms with van der Waals surface area (Å²) in [7, 11) is 0. The van der Waals surface area contributed by atoms with Gasteiger partial charge in [0.05, 0.1) is 0 Å². The minimum atomic E-state index is 0.460. The van der Waals surface area contributed by atoms with Crippen LogP contribution in [0.2, 0.25) is 0 Å². The first-order valence-corrected chi connectivity index (χ1v) is 5.72. The quantitative estimate of drug-likeness (QED) is 0.656. The van der Waals surface area contributed by atoms with E-state index in [-0.39, 0.29) is 0 Å². The third kappa shape index (κ3) is 1.63. The molecule has 2 bridgehead atoms. The van der Waals surface area contributed by atoms with Crippen molar-refractivity contribution in [3.05, 3.63) is 0 Å². The van der Waals surface area contributed by atoms with Crippen LogP contribution in [0.3, 0.4) is 0 Å². The molecule has 2 fully saturated rings. The Morgan fingerprint density at radius 1 is 1.08 bits per heavy atom. The lowest BCUT2D eigenvalue weighted by molar-refractivity contribution is 0.139. The molecule has 0 aliphatic carbocycles. The predicted molar refractivity (Wildman–Crippen MR) is 56.7 cm³/mol. The SMILES string of the molecule is CC(C)[C@@H]1C[C@]2(C)CC[C@](C)(C1)N2. The van der Waals surface area contributed by atoms with Gasteiger partial charge in [-0.15, -0.1) is 0 Å². The molecule has 0 saturated carbocycles. The summed E-state index contributed by atoms with van der Waals surface area (Å²) in [6.45, 7) is 9.57. The van der Waals surface area contributed by atoms with E-state index in [1.54, 1.807) is 0 Å². The molecule has 0 aromatic heterocycles. The van der Waals surface area contributed by atoms with Gasteiger partial charge in [0.1, 0.15) is 0 Å². The third-order valence-corrected chi connectivity index (χ3v) is 4.20. The maximum Gasteiger partial charge on any atom is 0.0161 e. The van der Waals surface area contributed by atoms with Crippen molar-refractivity contribution in [2.45, 2.75) is 64.5 Å². The Kier molecular flexibility index (Phi) is 1.99. The minimum Gasteiger partial charge on any atom is -0.306 e. The lowest BCUT2D eigenvalue weighted by atomic mass is 9.75. The van der Waals surface area contributed by atoms with Crippen LogP contribution in [0.25, 0.3) is 0 Å². The Morgan fingerprint density at radius 2 is 1.54 bits per heavy atom. The lowest BCUT2D eigenvalue weighted by Crippen LogP contribution is -2.54. The number of nitrogens with one attached hydrogen (secondary N) is 1. The normalized spacial score (nSPS) is 50.1. The predicted octanol–water partition coefficient (Wildman–Crippen LogP) is 2.95. The van der Waals surface area contributed by atoms with Crippen LogP contribution < -0.4 is 5.32 Å². The summed E-state index contributed by atoms with van der Waals surface area (Å²) in [5.74, 6) is 1.80. The van der Waals surface area contributed by atoms with Gasteiger partial charge in [-0.1, -0.05) is 13.8 Å². The Hall–Kier alpha value is -0.0400. The second-order valence-electron chi connectivity index (χ2n) is 6.16. The van der Waals surface area contributed by atoms with E-state index in [9.17, 15) is 0 Å². The molecule has 0 unspecified atom stereocenters. The number of piperidine rings is 1. The summed E-state index contributed by atoms with van der Waals surface area (Å²) in [5, 5.41) is 3.83. The maximum atomic E-state index is 3.83. The van der Waals surface area contributed by atoms with E-state index in [0.717, 1.165) is 11.8 Å². The summed E-state index contributed by atoms with van der Waals surface area (Å²) in [6, 6.07) is 0. The van der Waals surface area contributed by atoms with Crippen molar-refractivity contribution >= 4 is 0 Å². The van der Waals surface area contributed by atoms with Crippen molar-refractivity contribution in [1.29, 1.82) is 0 Å². The molecule has 76 valence electrons. The smallest absolute Gasteiger partial charge is 0.0161 e. The standard InChI is InChI=1S/C12H23N/c1-9(2)10-7-11(3)5-6-12(4,8-10)13-11/h9-10,13H,5-8H2,1-4H3/t10-,11+,12-. The molecule has 0 radical (unpaired) electrons. The Morgan fingerprint density at radius 3 is 1.92 bits per heavy atom. The van der Waals surface area contributed by atoms with Crippen LogP contribution in [0.15, 0.2) is 0 Å². The molecule has 0 aromatic rings. The van der Waals surface area contributed by atoms with Gasteiger partial charge in [0.25, 0.3) is 0 Å². The van der Waals surface area contributed by atoms with Gasteiger partial charge in [0.15, 0.2) is 0 Å². The second kappa shape index (κ2) is 2.73. The highest BCUT2D eigenvalue weighted by molar-refractivity contribution is 5.08. The average molecular weight is 181 g/mol. The van der Waals surface area contributed by atoms with Crippen molar-refractivity contribution in [3.63, 3.8) is 0 Å². The van der Waals surface area contributed by atoms with Gasteiger partial charge in [-0.25, -0.2) is 0 Å². The molecule has 2 saturated heterocycles. The summed E-state index contributed by atoms with van der Waals surface area (Å²) in [4.78, 5) is 0. The molecule has 2 aliphatic rings. The van der Waals surface area contributed by atoms with Gasteiger partial charge in [-0.3, -0.25) is 0 Å². The highest BCUT2D eigenvalue weighted by Gasteiger charge is 2.48. The largest absolute Gasteiger partial charge is 0.306 e. The van der Waals surface area contributed by atoms with Gasteiger partial charge in [0, 0.05) is 11.1 Å². The fraction of sp³-hybridized carbons (Fsp3) is 1.00. The van der Waals surface area contributed by atoms with E-state index in [1.807, 2.05) is 0 Å². The van der Waals surface area contributed by atoms with E-state index in [0.29, 0.717) is 11.1 Å². The number of hydrogen-bond donors (Lipinski definition) is 1. The topological polar surface area (TPSA) is 12.0 Å². The summed E-state index contributed by atoms with van der Waals surface area (Å²) < 4.78 is 0. The molecule has 1 heteroatoms. The van der Waals surface area contributed by atoms with Gasteiger partial charge in [-0.2, -0.15) is 0 Å². The van der Waals surface area contributed by atoms with Gasteiger partial charge in [-0.05, 0) is 51.4 Å². The zero-order valence-corrected chi connectivity index (χ0v) is 9.48. The van der Waals surface area contributed by atoms with E-state index < -0.39 is 0 Å². The number of rotatable bonds is 1. The Labute approximate surface area is 82.3 Å². The summed E-state index contributed by atoms with van der Waals surface area (Å²) in [6.07, 6.45) is 5.54. The molecular weight excluding hydrogens is 158 g/mol. The van der Waals surface area contributed by atoms with Crippen molar-refractivity contribution in [1.82, 2.24) is 5.32 Å². The number of fused-ring (bicyclic) bond motifs is 2. The molecule has 13 heavy (non-hydrogen) atoms. The van der Waals surface area contributed by atoms with Crippen LogP contribution in [0, 0.1) is 11.8 Å². The maximum absolute atomic E-state index is 3.83. The van der Waals surface area contributed by atoms with Crippen molar-refractivity contribution in [3.8, 4) is 0 Å². The van der Waals surface area contributed by atoms with Crippen molar-refractivity contribution < 1.29 is 0 Å². The first-order chi connectivity index (χ1) is 5.93. The molecule has 2 aliphatic heterocycles. The highest BCUT2D eigenvalue weighted by Crippen LogP contribution is 2.46. The van der Waals surface area contributed by atoms with Gasteiger partial charge in [0.2, 0.25) is 0 Å². The molecule has 2 rings (SSSR count). The summed E-state index contributed by atoms with van der Waals surface area (Å²) >= 11 is 0. The molecule has 0 aromatic carbocycles. The monoisotopic (exact) mass is 181 g/mol. The lowest BCUT2D eigenvalue weighted by Gasteiger charge is -2.43. The van der Waals surface area contributed by atoms with Crippen LogP contribution >= 0.6 is 0 Å². The van der Waals surface area contributed by atoms with E-state index in [1.165, 1.54) is 25.7 Å². The van der Waals surface area contributed by atoms with Gasteiger partial charge < -0.3 is 5.32 Å². The van der Waals surface area contributed by atoms with Crippen LogP contribution in [-0.2, 0) is 0 Å². The fourth-order valence-electron chi connectivity index (χ4n) is 3.41. The van der Waals surface area contributed by atoms with Crippen LogP contribution in [0.5, 0.6) is 0 Å². The first kappa shape index (κ1) is 9.51. The van der Waals surface area contributed by atoms with Crippen molar-refractivity contribution in [2.75, 3.05) is 0 Å². The molecule has 0 amide bonds. The Balaban J connectivity index is 2.16. The van der Waals surface area contributed by atoms with E-state index >= 15 is 0 Å². The fourth-order valence-corrected chi connectivity index (χ4v) is 3.41. The average Bonchev–Trinajstić information content (AvgIpc) is 2.20. The molecule has 2 heterocycles. The van der Waals surface area contributed by atoms with Crippen LogP contribution in [0.1, 0.15) is 53.4 Å². The van der Waals surface area contributed by atoms with Gasteiger partial charge >= 0.3 is 0 Å². The molecule has 1 N–H and O–H groups in total. The van der Waals surface area contributed by atoms with E-state index in [2.05, 4.69) is 33.0 Å². The highest BCUT2D eigenvalue weighted by atomic mass is 15.1. The molecule has 3 atom stereocenters. The number of hydrogen-bond acceptors (Lipinski definition) is 1. The third-order valence-electron chi connectivity index (χ3n) is 4.20. The zero-order valence-electron chi connectivity index (χ0n) is 9.48. The van der Waals surface area contributed by atoms with Crippen molar-refractivity contribution in [2.24, 2.45) is 11.8 Å². The molecule has 1 nitrogen and oxygen atoms in total. The molecule has 0 spiro atoms. The Bertz CT molecular complexity index is 193. The second-order valence-corrected chi connectivity index (χ2v) is 6.16. The first-order valence-electron chi connectivity index (χ1n) is 5.72. The van der Waals surface area contributed by atoms with Crippen LogP contribution in [0.4, 0.5) is 0 Å². The van der Waals surface area contributed by atoms with Crippen LogP contribution in [-0.4, -0.2) is 11.1 Å². The summed E-state index contributed by atoms with van der Waals surface area (Å²) in [5.41, 5.74) is 0.921. The van der Waals surface area contributed by atoms with E-state index in [4.69, 9.17) is 0 Å². The minimum absolute atomic E-state index is 0.460. The molecular formula is C12H23N. The zero-order chi connectivity index (χ0) is 9.69.